The number of pyridine rings is 2. The van der Waals surface area contributed by atoms with Crippen molar-refractivity contribution in [2.24, 2.45) is 21.5 Å². The van der Waals surface area contributed by atoms with Crippen molar-refractivity contribution in [3.8, 4) is 0 Å². The van der Waals surface area contributed by atoms with Gasteiger partial charge in [-0.1, -0.05) is 13.8 Å². The maximum atomic E-state index is 6.62. The van der Waals surface area contributed by atoms with Crippen LogP contribution in [0.1, 0.15) is 75.6 Å². The lowest BCUT2D eigenvalue weighted by molar-refractivity contribution is 0.851. The molecule has 0 spiro atoms. The van der Waals surface area contributed by atoms with Crippen molar-refractivity contribution < 1.29 is 0 Å². The summed E-state index contributed by atoms with van der Waals surface area (Å²) in [5.41, 5.74) is 30.4. The molecule has 1 atom stereocenters. The van der Waals surface area contributed by atoms with Gasteiger partial charge in [0.05, 0.1) is 34.2 Å². The van der Waals surface area contributed by atoms with Gasteiger partial charge in [-0.3, -0.25) is 0 Å². The lowest BCUT2D eigenvalue weighted by atomic mass is 9.95. The Morgan fingerprint density at radius 3 is 1.85 bits per heavy atom. The Hall–Kier alpha value is -3.78. The molecule has 4 N–H and O–H groups in total. The number of nitrogens with zero attached hydrogens (tertiary/aromatic N) is 6. The maximum absolute atomic E-state index is 6.62. The Morgan fingerprint density at radius 2 is 1.27 bits per heavy atom. The van der Waals surface area contributed by atoms with Gasteiger partial charge in [0.1, 0.15) is 5.69 Å². The van der Waals surface area contributed by atoms with Crippen molar-refractivity contribution in [1.29, 1.82) is 0 Å². The number of hydrogen-bond donors (Lipinski definition) is 2. The van der Waals surface area contributed by atoms with E-state index in [-0.39, 0.29) is 0 Å². The largest absolute Gasteiger partial charge is 0.396 e. The molecule has 0 fully saturated rings. The van der Waals surface area contributed by atoms with E-state index in [2.05, 4.69) is 73.8 Å². The van der Waals surface area contributed by atoms with Crippen molar-refractivity contribution in [2.75, 3.05) is 0 Å². The van der Waals surface area contributed by atoms with Crippen molar-refractivity contribution >= 4 is 28.3 Å². The second-order valence-corrected chi connectivity index (χ2v) is 11.2. The monoisotopic (exact) mass is 538 g/mol. The number of fused-ring (bicyclic) bond motifs is 2. The van der Waals surface area contributed by atoms with E-state index in [4.69, 9.17) is 31.6 Å². The zero-order chi connectivity index (χ0) is 29.2. The quantitative estimate of drug-likeness (QED) is 0.351. The van der Waals surface area contributed by atoms with E-state index in [1.165, 1.54) is 38.9 Å². The number of nitrogens with two attached hydrogens (primary N) is 2. The van der Waals surface area contributed by atoms with E-state index in [0.717, 1.165) is 58.0 Å². The van der Waals surface area contributed by atoms with Crippen molar-refractivity contribution in [1.82, 2.24) is 19.2 Å². The van der Waals surface area contributed by atoms with Crippen LogP contribution in [0.15, 0.2) is 21.8 Å². The van der Waals surface area contributed by atoms with Crippen LogP contribution in [0.25, 0.3) is 11.0 Å². The molecule has 0 amide bonds. The summed E-state index contributed by atoms with van der Waals surface area (Å²) in [5, 5.41) is 9.94. The Kier molecular flexibility index (Phi) is 6.94. The van der Waals surface area contributed by atoms with Crippen molar-refractivity contribution in [3.05, 3.63) is 73.5 Å². The Balaban J connectivity index is 1.69. The predicted octanol–water partition coefficient (Wildman–Crippen LogP) is 5.47. The second-order valence-electron chi connectivity index (χ2n) is 11.2. The average Bonchev–Trinajstić information content (AvgIpc) is 3.49. The third-order valence-corrected chi connectivity index (χ3v) is 9.18. The van der Waals surface area contributed by atoms with Gasteiger partial charge in [-0.25, -0.2) is 19.0 Å². The summed E-state index contributed by atoms with van der Waals surface area (Å²) in [4.78, 5) is 10.1. The molecule has 8 heteroatoms. The van der Waals surface area contributed by atoms with Crippen LogP contribution in [0.5, 0.6) is 0 Å². The molecule has 0 radical (unpaired) electrons. The van der Waals surface area contributed by atoms with E-state index >= 15 is 0 Å². The van der Waals surface area contributed by atoms with Crippen molar-refractivity contribution in [3.63, 3.8) is 0 Å². The summed E-state index contributed by atoms with van der Waals surface area (Å²) in [6.45, 7) is 21.5. The third-order valence-electron chi connectivity index (χ3n) is 9.18. The predicted molar refractivity (Wildman–Crippen MR) is 166 cm³/mol. The Labute approximate surface area is 236 Å². The summed E-state index contributed by atoms with van der Waals surface area (Å²) in [5.74, 6) is 0.492. The van der Waals surface area contributed by atoms with Crippen molar-refractivity contribution in [2.45, 2.75) is 94.5 Å². The molecule has 4 aromatic rings. The van der Waals surface area contributed by atoms with Crippen LogP contribution in [-0.4, -0.2) is 36.8 Å². The van der Waals surface area contributed by atoms with Gasteiger partial charge in [0.15, 0.2) is 5.84 Å². The molecular weight excluding hydrogens is 496 g/mol. The molecule has 1 aliphatic heterocycles. The molecule has 4 aromatic heterocycles. The first-order valence-corrected chi connectivity index (χ1v) is 14.2. The first-order valence-electron chi connectivity index (χ1n) is 14.2. The van der Waals surface area contributed by atoms with Gasteiger partial charge >= 0.3 is 0 Å². The summed E-state index contributed by atoms with van der Waals surface area (Å²) >= 11 is 0. The minimum atomic E-state index is -0.394. The molecule has 0 aromatic carbocycles. The SMILES string of the molecule is CCc1nn2c(C)c(C)c(C)c(C)c2c1CC1=NC(=Nc2c(CC)nn3c(C)c(C)c(C)c(C)c23)C(N)=CC1N. The number of rotatable bonds is 5. The van der Waals surface area contributed by atoms with E-state index in [1.54, 1.807) is 0 Å². The van der Waals surface area contributed by atoms with Gasteiger partial charge in [0.25, 0.3) is 0 Å². The zero-order valence-corrected chi connectivity index (χ0v) is 25.6. The van der Waals surface area contributed by atoms with Crippen LogP contribution in [0.3, 0.4) is 0 Å². The fourth-order valence-corrected chi connectivity index (χ4v) is 5.93. The average molecular weight is 539 g/mol. The van der Waals surface area contributed by atoms with E-state index in [1.807, 2.05) is 10.6 Å². The topological polar surface area (TPSA) is 111 Å². The fourth-order valence-electron chi connectivity index (χ4n) is 5.93. The van der Waals surface area contributed by atoms with Crippen LogP contribution in [0.4, 0.5) is 5.69 Å². The fraction of sp³-hybridized carbons (Fsp3) is 0.438. The number of hydrogen-bond acceptors (Lipinski definition) is 5. The zero-order valence-electron chi connectivity index (χ0n) is 25.6. The first kappa shape index (κ1) is 27.8. The van der Waals surface area contributed by atoms with E-state index < -0.39 is 6.04 Å². The highest BCUT2D eigenvalue weighted by atomic mass is 15.3. The normalized spacial score (nSPS) is 16.9. The smallest absolute Gasteiger partial charge is 0.175 e. The molecule has 0 bridgehead atoms. The molecule has 5 rings (SSSR count). The summed E-state index contributed by atoms with van der Waals surface area (Å²) < 4.78 is 4.12. The first-order chi connectivity index (χ1) is 18.9. The number of amidine groups is 1. The molecule has 0 aliphatic carbocycles. The van der Waals surface area contributed by atoms with Gasteiger partial charge in [-0.05, 0) is 108 Å². The molecule has 1 unspecified atom stereocenters. The lowest BCUT2D eigenvalue weighted by Crippen LogP contribution is -2.36. The highest BCUT2D eigenvalue weighted by Gasteiger charge is 2.26. The molecule has 210 valence electrons. The van der Waals surface area contributed by atoms with E-state index in [0.29, 0.717) is 18.0 Å². The highest BCUT2D eigenvalue weighted by molar-refractivity contribution is 6.13. The summed E-state index contributed by atoms with van der Waals surface area (Å²) in [6, 6.07) is -0.394. The molecular formula is C32H42N8. The standard InChI is InChI=1S/C32H42N8/c1-11-26-23(30-19(7)15(3)17(5)21(9)39(30)37-26)13-28-24(33)14-25(34)32(35-28)36-29-27(12-2)38-40-22(10)18(6)16(4)20(8)31(29)40/h14,24H,11-13,33-34H2,1-10H3. The Morgan fingerprint density at radius 1 is 0.750 bits per heavy atom. The minimum absolute atomic E-state index is 0.394. The molecule has 40 heavy (non-hydrogen) atoms. The molecule has 0 saturated heterocycles. The van der Waals surface area contributed by atoms with Crippen LogP contribution >= 0.6 is 0 Å². The molecule has 8 nitrogen and oxygen atoms in total. The second kappa shape index (κ2) is 10.0. The van der Waals surface area contributed by atoms with Crippen LogP contribution < -0.4 is 11.5 Å². The van der Waals surface area contributed by atoms with E-state index in [9.17, 15) is 0 Å². The summed E-state index contributed by atoms with van der Waals surface area (Å²) in [7, 11) is 0. The minimum Gasteiger partial charge on any atom is -0.396 e. The lowest BCUT2D eigenvalue weighted by Gasteiger charge is -2.19. The van der Waals surface area contributed by atoms with Crippen LogP contribution in [-0.2, 0) is 19.3 Å². The number of aromatic nitrogens is 4. The van der Waals surface area contributed by atoms with Crippen LogP contribution in [0, 0.1) is 55.4 Å². The molecule has 5 heterocycles. The molecule has 0 saturated carbocycles. The Bertz CT molecular complexity index is 1790. The number of aliphatic imine (C=N–C) groups is 2. The highest BCUT2D eigenvalue weighted by Crippen LogP contribution is 2.34. The van der Waals surface area contributed by atoms with Gasteiger partial charge in [-0.15, -0.1) is 0 Å². The number of aryl methyl sites for hydroxylation is 6. The number of dihydropyridines is 1. The van der Waals surface area contributed by atoms with Crippen LogP contribution in [0.2, 0.25) is 0 Å². The van der Waals surface area contributed by atoms with Gasteiger partial charge in [-0.2, -0.15) is 10.2 Å². The van der Waals surface area contributed by atoms with Gasteiger partial charge < -0.3 is 11.5 Å². The van der Waals surface area contributed by atoms with Gasteiger partial charge in [0, 0.05) is 29.1 Å². The maximum Gasteiger partial charge on any atom is 0.175 e. The third kappa shape index (κ3) is 4.08. The van der Waals surface area contributed by atoms with Gasteiger partial charge in [0.2, 0.25) is 0 Å². The summed E-state index contributed by atoms with van der Waals surface area (Å²) in [6.07, 6.45) is 4.04. The molecule has 1 aliphatic rings.